The van der Waals surface area contributed by atoms with Crippen LogP contribution >= 0.6 is 0 Å². The van der Waals surface area contributed by atoms with Crippen LogP contribution in [0.4, 0.5) is 4.79 Å². The van der Waals surface area contributed by atoms with Gasteiger partial charge in [0.25, 0.3) is 0 Å². The minimum absolute atomic E-state index is 0.757. The monoisotopic (exact) mass is 403 g/mol. The molecule has 0 spiro atoms. The number of allylic oxidation sites excluding steroid dienone is 1. The molecule has 0 aromatic carbocycles. The Labute approximate surface area is 175 Å². The van der Waals surface area contributed by atoms with Crippen LogP contribution in [0.2, 0.25) is 0 Å². The number of carbonyl (C=O) groups excluding carboxylic acids is 1. The van der Waals surface area contributed by atoms with Crippen molar-refractivity contribution in [3.05, 3.63) is 12.2 Å². The Morgan fingerprint density at radius 1 is 1.04 bits per heavy atom. The summed E-state index contributed by atoms with van der Waals surface area (Å²) in [7, 11) is 0. The van der Waals surface area contributed by atoms with Crippen molar-refractivity contribution in [3.8, 4) is 0 Å². The zero-order valence-electron chi connectivity index (χ0n) is 20.5. The number of rotatable bonds is 16. The summed E-state index contributed by atoms with van der Waals surface area (Å²) in [6.07, 6.45) is 15.6. The first-order valence-electron chi connectivity index (χ1n) is 12.0. The molecule has 0 fully saturated rings. The molecule has 2 atom stereocenters. The number of unbranched alkanes of at least 4 members (excludes halogenated alkanes) is 11. The Kier molecular flexibility index (Phi) is 14.0. The van der Waals surface area contributed by atoms with Crippen molar-refractivity contribution >= 4 is 6.09 Å². The minimum Gasteiger partial charge on any atom is -0.444 e. The summed E-state index contributed by atoms with van der Waals surface area (Å²) in [5.74, 6) is 0. The van der Waals surface area contributed by atoms with E-state index in [1.54, 1.807) is 26.8 Å². The van der Waals surface area contributed by atoms with Crippen LogP contribution < -0.4 is 5.32 Å². The van der Waals surface area contributed by atoms with Crippen LogP contribution in [0.5, 0.6) is 0 Å². The molecule has 0 aliphatic rings. The Morgan fingerprint density at radius 3 is 2.00 bits per heavy atom. The third-order valence-corrected chi connectivity index (χ3v) is 4.46. The number of carbonyl (C=O) groups is 1. The molecule has 0 heterocycles. The van der Waals surface area contributed by atoms with Gasteiger partial charge in [0.15, 0.2) is 0 Å². The SMILES string of the molecule is [2H][13C]([2H])(O)[13C@H](NC(=O)OC(C)(C)C)[C@@H](O)C=CCCCCCCCCCCCCC. The van der Waals surface area contributed by atoms with Crippen LogP contribution in [-0.2, 0) is 4.74 Å². The van der Waals surface area contributed by atoms with Crippen LogP contribution in [0.1, 0.15) is 107 Å². The third kappa shape index (κ3) is 17.1. The number of alkyl carbamates (subject to hydrolysis) is 1. The van der Waals surface area contributed by atoms with Crippen LogP contribution in [0.25, 0.3) is 0 Å². The second kappa shape index (κ2) is 16.8. The number of aliphatic hydroxyl groups excluding tert-OH is 1. The normalized spacial score (nSPS) is 15.8. The third-order valence-electron chi connectivity index (χ3n) is 4.46. The maximum absolute atomic E-state index is 11.9. The lowest BCUT2D eigenvalue weighted by atomic mass is 10.1. The average molecular weight is 404 g/mol. The predicted octanol–water partition coefficient (Wildman–Crippen LogP) is 5.49. The molecule has 0 aromatic heterocycles. The van der Waals surface area contributed by atoms with Crippen molar-refractivity contribution in [3.63, 3.8) is 0 Å². The van der Waals surface area contributed by atoms with Gasteiger partial charge < -0.3 is 20.3 Å². The number of hydrogen-bond acceptors (Lipinski definition) is 4. The van der Waals surface area contributed by atoms with Crippen LogP contribution in [-0.4, -0.2) is 40.6 Å². The fraction of sp³-hybridized carbons (Fsp3) is 0.870. The smallest absolute Gasteiger partial charge is 0.408 e. The number of aliphatic hydroxyl groups is 2. The standard InChI is InChI=1S/C23H45NO4/c1-5-6-7-8-9-10-11-12-13-14-15-16-17-18-21(26)20(19-25)24-22(27)28-23(2,3)4/h17-18,20-21,25-26H,5-16,19H2,1-4H3,(H,24,27)/t20-,21-/m0/s1/i19+1D2,20+1. The first-order chi connectivity index (χ1) is 14.0. The highest BCUT2D eigenvalue weighted by molar-refractivity contribution is 5.68. The van der Waals surface area contributed by atoms with Crippen molar-refractivity contribution in [1.82, 2.24) is 5.32 Å². The lowest BCUT2D eigenvalue weighted by molar-refractivity contribution is 0.0405. The highest BCUT2D eigenvalue weighted by Crippen LogP contribution is 2.12. The van der Waals surface area contributed by atoms with Gasteiger partial charge in [0.1, 0.15) is 5.60 Å². The average Bonchev–Trinajstić information content (AvgIpc) is 2.61. The van der Waals surface area contributed by atoms with Crippen LogP contribution in [0, 0.1) is 0 Å². The van der Waals surface area contributed by atoms with Crippen LogP contribution in [0.15, 0.2) is 12.2 Å². The Morgan fingerprint density at radius 2 is 1.54 bits per heavy atom. The molecular weight excluding hydrogens is 356 g/mol. The van der Waals surface area contributed by atoms with E-state index in [0.29, 0.717) is 0 Å². The molecule has 0 aliphatic heterocycles. The number of hydrogen-bond donors (Lipinski definition) is 3. The summed E-state index contributed by atoms with van der Waals surface area (Å²) in [6.45, 7) is 4.49. The molecular formula is C23H45NO4. The zero-order chi connectivity index (χ0) is 23.0. The van der Waals surface area contributed by atoms with Crippen LogP contribution in [0.3, 0.4) is 0 Å². The van der Waals surface area contributed by atoms with Gasteiger partial charge in [-0.05, 0) is 33.6 Å². The number of amides is 1. The summed E-state index contributed by atoms with van der Waals surface area (Å²) in [6, 6.07) is -1.51. The van der Waals surface area contributed by atoms with Gasteiger partial charge in [-0.1, -0.05) is 83.3 Å². The Hall–Kier alpha value is -1.07. The number of ether oxygens (including phenoxy) is 1. The zero-order valence-corrected chi connectivity index (χ0v) is 18.5. The quantitative estimate of drug-likeness (QED) is 0.181. The van der Waals surface area contributed by atoms with E-state index in [0.717, 1.165) is 19.3 Å². The van der Waals surface area contributed by atoms with Crippen molar-refractivity contribution in [1.29, 1.82) is 0 Å². The number of nitrogens with one attached hydrogen (secondary N) is 1. The van der Waals surface area contributed by atoms with Crippen molar-refractivity contribution < 1.29 is 22.5 Å². The highest BCUT2D eigenvalue weighted by Gasteiger charge is 2.22. The molecule has 3 N–H and O–H groups in total. The van der Waals surface area contributed by atoms with E-state index in [4.69, 9.17) is 7.48 Å². The molecule has 0 saturated heterocycles. The molecule has 5 nitrogen and oxygen atoms in total. The summed E-state index contributed by atoms with van der Waals surface area (Å²) < 4.78 is 20.0. The molecule has 5 heteroatoms. The van der Waals surface area contributed by atoms with E-state index in [1.165, 1.54) is 63.9 Å². The largest absolute Gasteiger partial charge is 0.444 e. The van der Waals surface area contributed by atoms with Crippen molar-refractivity contribution in [2.24, 2.45) is 0 Å². The molecule has 0 rings (SSSR count). The van der Waals surface area contributed by atoms with E-state index in [-0.39, 0.29) is 0 Å². The fourth-order valence-corrected chi connectivity index (χ4v) is 2.90. The molecule has 0 aromatic rings. The Bertz CT molecular complexity index is 473. The summed E-state index contributed by atoms with van der Waals surface area (Å²) in [5.41, 5.74) is -0.757. The van der Waals surface area contributed by atoms with E-state index < -0.39 is 30.4 Å². The van der Waals surface area contributed by atoms with E-state index in [1.807, 2.05) is 0 Å². The predicted molar refractivity (Wildman–Crippen MR) is 116 cm³/mol. The lowest BCUT2D eigenvalue weighted by Gasteiger charge is -2.24. The van der Waals surface area contributed by atoms with Gasteiger partial charge in [-0.3, -0.25) is 0 Å². The summed E-state index contributed by atoms with van der Waals surface area (Å²) in [4.78, 5) is 11.9. The van der Waals surface area contributed by atoms with Gasteiger partial charge in [-0.15, -0.1) is 0 Å². The van der Waals surface area contributed by atoms with E-state index in [9.17, 15) is 15.0 Å². The van der Waals surface area contributed by atoms with Crippen molar-refractivity contribution in [2.75, 3.05) is 6.56 Å². The molecule has 0 aliphatic carbocycles. The summed E-state index contributed by atoms with van der Waals surface area (Å²) in [5, 5.41) is 22.1. The molecule has 0 radical (unpaired) electrons. The molecule has 0 bridgehead atoms. The maximum atomic E-state index is 11.9. The van der Waals surface area contributed by atoms with Gasteiger partial charge in [-0.2, -0.15) is 0 Å². The van der Waals surface area contributed by atoms with E-state index >= 15 is 0 Å². The lowest BCUT2D eigenvalue weighted by Crippen LogP contribution is -2.47. The molecule has 0 saturated carbocycles. The van der Waals surface area contributed by atoms with E-state index in [2.05, 4.69) is 12.2 Å². The minimum atomic E-state index is -2.78. The first-order valence-corrected chi connectivity index (χ1v) is 11.0. The summed E-state index contributed by atoms with van der Waals surface area (Å²) >= 11 is 0. The second-order valence-corrected chi connectivity index (χ2v) is 8.50. The molecule has 1 amide bonds. The molecule has 28 heavy (non-hydrogen) atoms. The van der Waals surface area contributed by atoms with Gasteiger partial charge in [0.05, 0.1) is 21.4 Å². The van der Waals surface area contributed by atoms with Gasteiger partial charge in [0, 0.05) is 0 Å². The van der Waals surface area contributed by atoms with Crippen molar-refractivity contribution in [2.45, 2.75) is 122 Å². The van der Waals surface area contributed by atoms with Gasteiger partial charge in [-0.25, -0.2) is 4.79 Å². The maximum Gasteiger partial charge on any atom is 0.408 e. The topological polar surface area (TPSA) is 78.8 Å². The highest BCUT2D eigenvalue weighted by atomic mass is 16.6. The second-order valence-electron chi connectivity index (χ2n) is 8.50. The first kappa shape index (κ1) is 23.2. The Balaban J connectivity index is 4.06. The molecule has 166 valence electrons. The van der Waals surface area contributed by atoms with Gasteiger partial charge in [0.2, 0.25) is 0 Å². The van der Waals surface area contributed by atoms with Gasteiger partial charge >= 0.3 is 6.09 Å². The fourth-order valence-electron chi connectivity index (χ4n) is 2.90. The molecule has 0 unspecified atom stereocenters.